The molecule has 27 nitrogen and oxygen atoms in total. The molecule has 3 heterocycles. The third-order valence-corrected chi connectivity index (χ3v) is 16.1. The van der Waals surface area contributed by atoms with Crippen LogP contribution >= 0.6 is 0 Å². The number of aliphatic hydroxyl groups is 7. The van der Waals surface area contributed by atoms with Gasteiger partial charge in [0.05, 0.1) is 58.8 Å². The number of phenols is 1. The van der Waals surface area contributed by atoms with Crippen LogP contribution in [0.1, 0.15) is 88.7 Å². The van der Waals surface area contributed by atoms with E-state index < -0.39 is 158 Å². The number of aromatic hydroxyl groups is 1. The van der Waals surface area contributed by atoms with Gasteiger partial charge < -0.3 is 101 Å². The highest BCUT2D eigenvalue weighted by Crippen LogP contribution is 2.30. The molecule has 7 rings (SSSR count). The second-order valence-electron chi connectivity index (χ2n) is 24.6. The first-order chi connectivity index (χ1) is 43.4. The normalized spacial score (nSPS) is 25.8. The van der Waals surface area contributed by atoms with Crippen molar-refractivity contribution >= 4 is 47.3 Å². The third-order valence-electron chi connectivity index (χ3n) is 16.1. The lowest BCUT2D eigenvalue weighted by Crippen LogP contribution is -2.64. The van der Waals surface area contributed by atoms with Crippen LogP contribution in [0.15, 0.2) is 97.1 Å². The number of amides is 7. The van der Waals surface area contributed by atoms with Crippen LogP contribution in [0.5, 0.6) is 11.5 Å². The summed E-state index contributed by atoms with van der Waals surface area (Å²) in [5.74, 6) is -9.33. The molecule has 0 unspecified atom stereocenters. The predicted molar refractivity (Wildman–Crippen MR) is 331 cm³/mol. The number of benzene rings is 4. The van der Waals surface area contributed by atoms with Gasteiger partial charge in [0.1, 0.15) is 72.6 Å². The third kappa shape index (κ3) is 19.7. The topological polar surface area (TPSA) is 407 Å². The van der Waals surface area contributed by atoms with Gasteiger partial charge in [-0.2, -0.15) is 0 Å². The monoisotopic (exact) mass is 1280 g/mol. The van der Waals surface area contributed by atoms with E-state index in [-0.39, 0.29) is 36.6 Å². The second kappa shape index (κ2) is 32.9. The van der Waals surface area contributed by atoms with Crippen molar-refractivity contribution in [2.45, 2.75) is 152 Å². The number of hydrogen-bond acceptors (Lipinski definition) is 19. The maximum atomic E-state index is 14.8. The van der Waals surface area contributed by atoms with Crippen LogP contribution in [-0.4, -0.2) is 236 Å². The first-order valence-corrected chi connectivity index (χ1v) is 30.6. The van der Waals surface area contributed by atoms with Crippen LogP contribution < -0.4 is 36.4 Å². The highest BCUT2D eigenvalue weighted by molar-refractivity contribution is 6.00. The number of aliphatic hydroxyl groups excluding tert-OH is 7. The quantitative estimate of drug-likeness (QED) is 0.0401. The molecule has 3 saturated heterocycles. The number of nitrogens with one attached hydrogen (secondary N) is 5. The van der Waals surface area contributed by atoms with E-state index in [9.17, 15) is 74.4 Å². The second-order valence-corrected chi connectivity index (χ2v) is 24.6. The van der Waals surface area contributed by atoms with Crippen molar-refractivity contribution < 1.29 is 98.3 Å². The molecular weight excluding hydrogens is 1200 g/mol. The Kier molecular flexibility index (Phi) is 26.1. The molecule has 3 fully saturated rings. The van der Waals surface area contributed by atoms with Crippen molar-refractivity contribution in [3.05, 3.63) is 108 Å². The summed E-state index contributed by atoms with van der Waals surface area (Å²) in [6.45, 7) is 6.77. The summed E-state index contributed by atoms with van der Waals surface area (Å²) in [5.41, 5.74) is 3.48. The Bertz CT molecular complexity index is 3140. The molecule has 0 aromatic heterocycles. The van der Waals surface area contributed by atoms with Gasteiger partial charge >= 0.3 is 0 Å². The molecule has 27 heteroatoms. The van der Waals surface area contributed by atoms with Gasteiger partial charge in [-0.15, -0.1) is 0 Å². The number of carboxylic acid groups (broad SMARTS) is 1. The largest absolute Gasteiger partial charge is 0.550 e. The number of likely N-dealkylation sites (N-methyl/N-ethyl adjacent to an activating group) is 1. The maximum absolute atomic E-state index is 14.8. The highest BCUT2D eigenvalue weighted by Gasteiger charge is 2.50. The Morgan fingerprint density at radius 3 is 1.71 bits per heavy atom. The Hall–Kier alpha value is -8.12. The lowest BCUT2D eigenvalue weighted by atomic mass is 9.96. The minimum atomic E-state index is -2.29. The number of carboxylic acids is 1. The van der Waals surface area contributed by atoms with Crippen LogP contribution in [0.4, 0.5) is 0 Å². The van der Waals surface area contributed by atoms with Gasteiger partial charge in [0, 0.05) is 43.4 Å². The molecule has 0 saturated carbocycles. The minimum Gasteiger partial charge on any atom is -0.550 e. The summed E-state index contributed by atoms with van der Waals surface area (Å²) in [4.78, 5) is 113. The fraction of sp³-hybridized carbons (Fsp3) is 0.508. The number of unbranched alkanes of at least 4 members (excludes halogenated alkanes) is 2. The average Bonchev–Trinajstić information content (AvgIpc) is 1.63. The zero-order valence-corrected chi connectivity index (χ0v) is 52.9. The van der Waals surface area contributed by atoms with Crippen molar-refractivity contribution in [2.75, 3.05) is 54.0 Å². The van der Waals surface area contributed by atoms with Crippen LogP contribution in [0.2, 0.25) is 0 Å². The summed E-state index contributed by atoms with van der Waals surface area (Å²) >= 11 is 0. The van der Waals surface area contributed by atoms with E-state index in [0.717, 1.165) is 77.8 Å². The summed E-state index contributed by atoms with van der Waals surface area (Å²) in [7, 11) is 5.52. The van der Waals surface area contributed by atoms with Gasteiger partial charge in [0.25, 0.3) is 5.91 Å². The number of carbonyl (C=O) groups excluding carboxylic acids is 8. The summed E-state index contributed by atoms with van der Waals surface area (Å²) in [5, 5.41) is 111. The van der Waals surface area contributed by atoms with Gasteiger partial charge in [0.15, 0.2) is 6.23 Å². The van der Waals surface area contributed by atoms with Crippen LogP contribution in [0, 0.1) is 5.92 Å². The summed E-state index contributed by atoms with van der Waals surface area (Å²) in [6, 6.07) is 15.3. The lowest BCUT2D eigenvalue weighted by Gasteiger charge is -2.34. The molecule has 4 aromatic rings. The Labute approximate surface area is 533 Å². The number of fused-ring (bicyclic) bond motifs is 2. The fourth-order valence-electron chi connectivity index (χ4n) is 10.8. The average molecular weight is 1290 g/mol. The van der Waals surface area contributed by atoms with E-state index in [1.165, 1.54) is 43.3 Å². The molecule has 92 heavy (non-hydrogen) atoms. The van der Waals surface area contributed by atoms with Gasteiger partial charge in [-0.3, -0.25) is 33.6 Å². The molecule has 0 spiro atoms. The van der Waals surface area contributed by atoms with Gasteiger partial charge in [-0.25, -0.2) is 0 Å². The molecule has 3 aliphatic rings. The maximum Gasteiger partial charge on any atom is 0.251 e. The standard InChI is InChI=1S/C63H84N8O17.C2H4O2/c1-8-9-10-28-87-45-25-21-40(22-26-45)38-13-11-37(12-14-38)39-15-17-42(18-16-39)56(80)64-46-31-48(76)61(88-29-27-71(5,6)7)68-60(84)52-53(77)34(2)32-70(52)63(86)50(36(4)73)66-59(83)51(55(79)54(78)41-19-23-43(74)24-20-41)67-58(82)47-30-44(75)33-69(47)62(85)49(35(3)72)65-57(46)81;1-2(3)4/h11-26,34-36,44,46-55,61,72-73,75-79H,8-10,27-33H2,1-7H3,(H5-,64,65,66,67,68,74,80,81,82,83,84);1H3,(H,3,4)/t34-,35+,36+,44+,46-,47-,48+,49-,50-,51-,52-,53-,54-,55-,61-;/m0./s1. The molecular formula is C65H88N8O19. The number of quaternary nitrogens is 1. The number of hydrogen-bond donors (Lipinski definition) is 13. The van der Waals surface area contributed by atoms with Crippen LogP contribution in [0.25, 0.3) is 22.3 Å². The molecule has 4 aromatic carbocycles. The molecule has 502 valence electrons. The highest BCUT2D eigenvalue weighted by atomic mass is 16.5. The lowest BCUT2D eigenvalue weighted by molar-refractivity contribution is -0.870. The molecule has 0 radical (unpaired) electrons. The molecule has 13 N–H and O–H groups in total. The van der Waals surface area contributed by atoms with Crippen LogP contribution in [-0.2, 0) is 38.3 Å². The minimum absolute atomic E-state index is 0.0470. The molecule has 7 amide bonds. The number of nitrogens with zero attached hydrogens (tertiary/aromatic N) is 3. The molecule has 3 aliphatic heterocycles. The van der Waals surface area contributed by atoms with Crippen molar-refractivity contribution in [3.63, 3.8) is 0 Å². The van der Waals surface area contributed by atoms with E-state index >= 15 is 0 Å². The number of carbonyl (C=O) groups is 8. The van der Waals surface area contributed by atoms with Crippen LogP contribution in [0.3, 0.4) is 0 Å². The summed E-state index contributed by atoms with van der Waals surface area (Å²) in [6.07, 6.45) is -12.6. The number of phenolic OH excluding ortho intramolecular Hbond substituents is 1. The van der Waals surface area contributed by atoms with E-state index in [4.69, 9.17) is 19.4 Å². The van der Waals surface area contributed by atoms with E-state index in [1.54, 1.807) is 12.1 Å². The molecule has 0 aliphatic carbocycles. The van der Waals surface area contributed by atoms with Crippen molar-refractivity contribution in [2.24, 2.45) is 5.92 Å². The number of rotatable bonds is 18. The van der Waals surface area contributed by atoms with E-state index in [2.05, 4.69) is 33.5 Å². The zero-order valence-electron chi connectivity index (χ0n) is 52.9. The van der Waals surface area contributed by atoms with E-state index in [0.29, 0.717) is 11.1 Å². The van der Waals surface area contributed by atoms with E-state index in [1.807, 2.05) is 69.7 Å². The predicted octanol–water partition coefficient (Wildman–Crippen LogP) is -1.44. The first kappa shape index (κ1) is 72.9. The van der Waals surface area contributed by atoms with Gasteiger partial charge in [-0.1, -0.05) is 87.4 Å². The number of ether oxygens (including phenoxy) is 2. The van der Waals surface area contributed by atoms with Gasteiger partial charge in [-0.05, 0) is 91.4 Å². The zero-order chi connectivity index (χ0) is 67.9. The SMILES string of the molecule is CC(=O)[O-].CCCCCOc1ccc(-c2ccc(-c3ccc(C(=O)N[C@H]4C[C@@H](O)[C@H](OCC[N+](C)(C)C)NC(=O)[C@@H]5[C@@H](O)[C@@H](C)CN5C(=O)[C@H]([C@@H](C)O)NC(=O)[C@H]([C@H](O)[C@@H](O)c5ccc(O)cc5)NC(=O)[C@@H]5C[C@@H](O)CN5C(=O)[C@H]([C@@H](C)O)NC4=O)cc3)cc2)cc1. The smallest absolute Gasteiger partial charge is 0.251 e. The Morgan fingerprint density at radius 1 is 0.663 bits per heavy atom. The number of aliphatic carboxylic acids is 1. The first-order valence-electron chi connectivity index (χ1n) is 30.6. The molecule has 0 bridgehead atoms. The Morgan fingerprint density at radius 2 is 1.17 bits per heavy atom. The summed E-state index contributed by atoms with van der Waals surface area (Å²) < 4.78 is 12.3. The van der Waals surface area contributed by atoms with Crippen molar-refractivity contribution in [1.29, 1.82) is 0 Å². The van der Waals surface area contributed by atoms with Crippen molar-refractivity contribution in [1.82, 2.24) is 36.4 Å². The van der Waals surface area contributed by atoms with Crippen molar-refractivity contribution in [3.8, 4) is 33.8 Å². The fourth-order valence-corrected chi connectivity index (χ4v) is 10.8. The Balaban J connectivity index is 0.00000326. The van der Waals surface area contributed by atoms with Gasteiger partial charge in [0.2, 0.25) is 35.4 Å². The molecule has 15 atom stereocenters.